The molecular formula is C16H14N3O3S-. The quantitative estimate of drug-likeness (QED) is 0.710. The van der Waals surface area contributed by atoms with Gasteiger partial charge in [-0.1, -0.05) is 6.07 Å². The molecule has 0 saturated heterocycles. The molecule has 0 radical (unpaired) electrons. The predicted molar refractivity (Wildman–Crippen MR) is 86.1 cm³/mol. The monoisotopic (exact) mass is 328 g/mol. The van der Waals surface area contributed by atoms with Crippen molar-refractivity contribution in [2.45, 2.75) is 6.42 Å². The molecule has 0 aromatic carbocycles. The van der Waals surface area contributed by atoms with Gasteiger partial charge in [0.15, 0.2) is 0 Å². The highest BCUT2D eigenvalue weighted by molar-refractivity contribution is 7.13. The fourth-order valence-electron chi connectivity index (χ4n) is 2.11. The van der Waals surface area contributed by atoms with Gasteiger partial charge in [0.2, 0.25) is 5.89 Å². The van der Waals surface area contributed by atoms with Crippen molar-refractivity contribution in [2.75, 3.05) is 19.0 Å². The summed E-state index contributed by atoms with van der Waals surface area (Å²) in [7, 11) is 3.81. The molecule has 23 heavy (non-hydrogen) atoms. The Morgan fingerprint density at radius 1 is 1.35 bits per heavy atom. The number of thiophene rings is 1. The first-order valence-corrected chi connectivity index (χ1v) is 7.79. The molecule has 0 saturated carbocycles. The van der Waals surface area contributed by atoms with Crippen LogP contribution in [0.1, 0.15) is 5.76 Å². The molecule has 0 N–H and O–H groups in total. The maximum Gasteiger partial charge on any atom is 0.228 e. The van der Waals surface area contributed by atoms with Gasteiger partial charge < -0.3 is 19.2 Å². The number of hydrogen-bond acceptors (Lipinski definition) is 7. The van der Waals surface area contributed by atoms with Crippen molar-refractivity contribution in [1.29, 1.82) is 0 Å². The third kappa shape index (κ3) is 3.24. The van der Waals surface area contributed by atoms with Gasteiger partial charge in [-0.15, -0.1) is 11.3 Å². The minimum absolute atomic E-state index is 0.291. The number of nitrogens with zero attached hydrogens (tertiary/aromatic N) is 3. The number of carbonyl (C=O) groups is 1. The normalized spacial score (nSPS) is 10.7. The summed E-state index contributed by atoms with van der Waals surface area (Å²) in [6.07, 6.45) is 1.34. The molecule has 0 atom stereocenters. The van der Waals surface area contributed by atoms with Gasteiger partial charge in [-0.05, 0) is 23.6 Å². The number of rotatable bonds is 5. The molecule has 0 spiro atoms. The molecule has 6 nitrogen and oxygen atoms in total. The summed E-state index contributed by atoms with van der Waals surface area (Å²) < 4.78 is 5.66. The van der Waals surface area contributed by atoms with Gasteiger partial charge in [0.1, 0.15) is 17.3 Å². The zero-order valence-corrected chi connectivity index (χ0v) is 13.5. The summed E-state index contributed by atoms with van der Waals surface area (Å²) in [4.78, 5) is 22.5. The number of hydrogen-bond donors (Lipinski definition) is 0. The van der Waals surface area contributed by atoms with Gasteiger partial charge in [0.05, 0.1) is 10.4 Å². The average Bonchev–Trinajstić information content (AvgIpc) is 3.16. The maximum absolute atomic E-state index is 10.9. The Morgan fingerprint density at radius 3 is 2.74 bits per heavy atom. The molecule has 3 aromatic heterocycles. The van der Waals surface area contributed by atoms with Crippen LogP contribution in [-0.2, 0) is 11.2 Å². The van der Waals surface area contributed by atoms with Crippen molar-refractivity contribution >= 4 is 23.1 Å². The summed E-state index contributed by atoms with van der Waals surface area (Å²) in [6.45, 7) is 0. The van der Waals surface area contributed by atoms with Crippen LogP contribution in [0.3, 0.4) is 0 Å². The van der Waals surface area contributed by atoms with Crippen molar-refractivity contribution in [3.8, 4) is 22.0 Å². The molecule has 3 aromatic rings. The topological polar surface area (TPSA) is 82.3 Å². The predicted octanol–water partition coefficient (Wildman–Crippen LogP) is 1.82. The van der Waals surface area contributed by atoms with Gasteiger partial charge >= 0.3 is 0 Å². The zero-order valence-electron chi connectivity index (χ0n) is 12.6. The number of pyridine rings is 1. The molecule has 118 valence electrons. The minimum atomic E-state index is -1.20. The Hall–Kier alpha value is -2.67. The highest BCUT2D eigenvalue weighted by Crippen LogP contribution is 2.32. The minimum Gasteiger partial charge on any atom is -0.550 e. The molecule has 0 fully saturated rings. The number of anilines is 1. The van der Waals surface area contributed by atoms with Gasteiger partial charge in [-0.3, -0.25) is 0 Å². The number of aliphatic carboxylic acids is 1. The largest absolute Gasteiger partial charge is 0.550 e. The molecule has 0 unspecified atom stereocenters. The summed E-state index contributed by atoms with van der Waals surface area (Å²) in [5.41, 5.74) is 1.23. The molecule has 3 rings (SSSR count). The summed E-state index contributed by atoms with van der Waals surface area (Å²) >= 11 is 1.47. The van der Waals surface area contributed by atoms with E-state index >= 15 is 0 Å². The lowest BCUT2D eigenvalue weighted by atomic mass is 10.2. The lowest BCUT2D eigenvalue weighted by Gasteiger charge is -2.10. The molecular weight excluding hydrogens is 314 g/mol. The van der Waals surface area contributed by atoms with Crippen molar-refractivity contribution in [1.82, 2.24) is 9.97 Å². The molecule has 7 heteroatoms. The number of oxazole rings is 1. The van der Waals surface area contributed by atoms with Crippen LogP contribution in [0.15, 0.2) is 40.3 Å². The SMILES string of the molecule is CN(C)c1ccc(-c2nc(-c3cccs3)c(CC(=O)[O-])o2)cn1. The van der Waals surface area contributed by atoms with E-state index in [-0.39, 0.29) is 6.42 Å². The van der Waals surface area contributed by atoms with Crippen molar-refractivity contribution < 1.29 is 14.3 Å². The second-order valence-corrected chi connectivity index (χ2v) is 6.06. The maximum atomic E-state index is 10.9. The van der Waals surface area contributed by atoms with Crippen LogP contribution >= 0.6 is 11.3 Å². The van der Waals surface area contributed by atoms with E-state index in [1.807, 2.05) is 48.6 Å². The zero-order chi connectivity index (χ0) is 16.4. The van der Waals surface area contributed by atoms with E-state index in [0.29, 0.717) is 22.9 Å². The Bertz CT molecular complexity index is 808. The molecule has 3 heterocycles. The van der Waals surface area contributed by atoms with Gasteiger partial charge in [0, 0.05) is 32.7 Å². The highest BCUT2D eigenvalue weighted by Gasteiger charge is 2.17. The van der Waals surface area contributed by atoms with Crippen molar-refractivity contribution in [3.63, 3.8) is 0 Å². The van der Waals surface area contributed by atoms with Crippen LogP contribution in [0.25, 0.3) is 22.0 Å². The second kappa shape index (κ2) is 6.21. The van der Waals surface area contributed by atoms with Crippen molar-refractivity contribution in [2.24, 2.45) is 0 Å². The van der Waals surface area contributed by atoms with Gasteiger partial charge in [-0.2, -0.15) is 0 Å². The van der Waals surface area contributed by atoms with E-state index in [9.17, 15) is 9.90 Å². The number of carboxylic acid groups (broad SMARTS) is 1. The first kappa shape index (κ1) is 15.2. The van der Waals surface area contributed by atoms with Gasteiger partial charge in [0.25, 0.3) is 0 Å². The van der Waals surface area contributed by atoms with E-state index in [2.05, 4.69) is 9.97 Å². The first-order valence-electron chi connectivity index (χ1n) is 6.92. The number of aromatic nitrogens is 2. The molecule has 0 aliphatic rings. The van der Waals surface area contributed by atoms with Gasteiger partial charge in [-0.25, -0.2) is 9.97 Å². The van der Waals surface area contributed by atoms with E-state index in [1.165, 1.54) is 11.3 Å². The summed E-state index contributed by atoms with van der Waals surface area (Å²) in [6, 6.07) is 7.45. The van der Waals surface area contributed by atoms with Crippen LogP contribution in [0.4, 0.5) is 5.82 Å². The van der Waals surface area contributed by atoms with E-state index in [4.69, 9.17) is 4.42 Å². The summed E-state index contributed by atoms with van der Waals surface area (Å²) in [5, 5.41) is 12.8. The lowest BCUT2D eigenvalue weighted by Crippen LogP contribution is -2.24. The Balaban J connectivity index is 2.01. The van der Waals surface area contributed by atoms with Crippen LogP contribution in [0, 0.1) is 0 Å². The fourth-order valence-corrected chi connectivity index (χ4v) is 2.84. The number of carboxylic acids is 1. The fraction of sp³-hybridized carbons (Fsp3) is 0.188. The molecule has 0 amide bonds. The standard InChI is InChI=1S/C16H15N3O3S/c1-19(2)13-6-5-10(9-17-13)16-18-15(12-4-3-7-23-12)11(22-16)8-14(20)21/h3-7,9H,8H2,1-2H3,(H,20,21)/p-1. The summed E-state index contributed by atoms with van der Waals surface area (Å²) in [5.74, 6) is 0.252. The van der Waals surface area contributed by atoms with E-state index in [1.54, 1.807) is 6.20 Å². The molecule has 0 aliphatic carbocycles. The average molecular weight is 328 g/mol. The van der Waals surface area contributed by atoms with Crippen molar-refractivity contribution in [3.05, 3.63) is 41.6 Å². The first-order chi connectivity index (χ1) is 11.0. The smallest absolute Gasteiger partial charge is 0.228 e. The van der Waals surface area contributed by atoms with Crippen LogP contribution < -0.4 is 10.0 Å². The second-order valence-electron chi connectivity index (χ2n) is 5.12. The highest BCUT2D eigenvalue weighted by atomic mass is 32.1. The third-order valence-corrected chi connectivity index (χ3v) is 4.09. The Morgan fingerprint density at radius 2 is 2.17 bits per heavy atom. The van der Waals surface area contributed by atoms with E-state index in [0.717, 1.165) is 10.7 Å². The third-order valence-electron chi connectivity index (χ3n) is 3.21. The Labute approximate surface area is 137 Å². The van der Waals surface area contributed by atoms with Crippen LogP contribution in [-0.4, -0.2) is 30.0 Å². The molecule has 0 aliphatic heterocycles. The Kier molecular flexibility index (Phi) is 4.12. The van der Waals surface area contributed by atoms with E-state index < -0.39 is 5.97 Å². The van der Waals surface area contributed by atoms with Crippen LogP contribution in [0.2, 0.25) is 0 Å². The van der Waals surface area contributed by atoms with Crippen LogP contribution in [0.5, 0.6) is 0 Å². The molecule has 0 bridgehead atoms. The number of carbonyl (C=O) groups excluding carboxylic acids is 1. The lowest BCUT2D eigenvalue weighted by molar-refractivity contribution is -0.305.